The SMILES string of the molecule is Cc1cc2nnc(SCc3c(C#N)c(C)nn3-c3ccccc3)n2c(C)n1. The van der Waals surface area contributed by atoms with Gasteiger partial charge in [-0.05, 0) is 32.9 Å². The van der Waals surface area contributed by atoms with Crippen LogP contribution in [0.2, 0.25) is 0 Å². The third kappa shape index (κ3) is 3.06. The maximum absolute atomic E-state index is 9.61. The van der Waals surface area contributed by atoms with Gasteiger partial charge in [0.1, 0.15) is 11.9 Å². The van der Waals surface area contributed by atoms with Crippen molar-refractivity contribution < 1.29 is 0 Å². The molecule has 0 aliphatic carbocycles. The van der Waals surface area contributed by atoms with E-state index in [1.807, 2.05) is 66.3 Å². The van der Waals surface area contributed by atoms with E-state index in [2.05, 4.69) is 26.3 Å². The quantitative estimate of drug-likeness (QED) is 0.508. The zero-order valence-electron chi connectivity index (χ0n) is 15.2. The van der Waals surface area contributed by atoms with Crippen LogP contribution in [0.15, 0.2) is 41.6 Å². The summed E-state index contributed by atoms with van der Waals surface area (Å²) in [6, 6.07) is 14.0. The van der Waals surface area contributed by atoms with E-state index in [-0.39, 0.29) is 0 Å². The first kappa shape index (κ1) is 17.2. The van der Waals surface area contributed by atoms with Crippen molar-refractivity contribution in [3.05, 3.63) is 64.9 Å². The number of nitriles is 1. The fraction of sp³-hybridized carbons (Fsp3) is 0.211. The van der Waals surface area contributed by atoms with E-state index in [1.165, 1.54) is 11.8 Å². The molecule has 0 unspecified atom stereocenters. The van der Waals surface area contributed by atoms with Crippen LogP contribution in [0.25, 0.3) is 11.3 Å². The van der Waals surface area contributed by atoms with Crippen molar-refractivity contribution in [3.63, 3.8) is 0 Å². The van der Waals surface area contributed by atoms with Crippen molar-refractivity contribution in [1.82, 2.24) is 29.4 Å². The second-order valence-corrected chi connectivity index (χ2v) is 7.12. The molecular formula is C19H17N7S. The number of hydrogen-bond acceptors (Lipinski definition) is 6. The highest BCUT2D eigenvalue weighted by atomic mass is 32.2. The van der Waals surface area contributed by atoms with E-state index in [0.29, 0.717) is 11.3 Å². The maximum atomic E-state index is 9.61. The first-order valence-electron chi connectivity index (χ1n) is 8.44. The molecule has 0 bridgehead atoms. The minimum Gasteiger partial charge on any atom is -0.258 e. The standard InChI is InChI=1S/C19H17N7S/c1-12-9-18-22-23-19(25(18)14(3)21-12)27-11-17-16(10-20)13(2)24-26(17)15-7-5-4-6-8-15/h4-9H,11H2,1-3H3. The van der Waals surface area contributed by atoms with Crippen molar-refractivity contribution in [1.29, 1.82) is 5.26 Å². The van der Waals surface area contributed by atoms with Crippen LogP contribution in [0.5, 0.6) is 0 Å². The molecule has 1 aromatic carbocycles. The summed E-state index contributed by atoms with van der Waals surface area (Å²) in [4.78, 5) is 4.49. The summed E-state index contributed by atoms with van der Waals surface area (Å²) < 4.78 is 3.76. The molecule has 27 heavy (non-hydrogen) atoms. The van der Waals surface area contributed by atoms with Crippen molar-refractivity contribution in [3.8, 4) is 11.8 Å². The number of aryl methyl sites for hydroxylation is 3. The first-order chi connectivity index (χ1) is 13.1. The number of fused-ring (bicyclic) bond motifs is 1. The van der Waals surface area contributed by atoms with E-state index in [9.17, 15) is 5.26 Å². The van der Waals surface area contributed by atoms with Gasteiger partial charge in [-0.25, -0.2) is 9.67 Å². The van der Waals surface area contributed by atoms with Gasteiger partial charge in [-0.15, -0.1) is 10.2 Å². The highest BCUT2D eigenvalue weighted by molar-refractivity contribution is 7.98. The number of benzene rings is 1. The molecule has 0 amide bonds. The molecule has 3 aromatic heterocycles. The van der Waals surface area contributed by atoms with Gasteiger partial charge in [-0.2, -0.15) is 10.4 Å². The Morgan fingerprint density at radius 1 is 1.11 bits per heavy atom. The summed E-state index contributed by atoms with van der Waals surface area (Å²) in [7, 11) is 0. The van der Waals surface area contributed by atoms with Crippen molar-refractivity contribution in [2.24, 2.45) is 0 Å². The Kier molecular flexibility index (Phi) is 4.38. The van der Waals surface area contributed by atoms with Gasteiger partial charge in [0.25, 0.3) is 0 Å². The van der Waals surface area contributed by atoms with Crippen molar-refractivity contribution >= 4 is 17.4 Å². The molecule has 0 fully saturated rings. The zero-order valence-corrected chi connectivity index (χ0v) is 16.0. The highest BCUT2D eigenvalue weighted by Gasteiger charge is 2.18. The molecule has 7 nitrogen and oxygen atoms in total. The molecular weight excluding hydrogens is 358 g/mol. The zero-order chi connectivity index (χ0) is 19.0. The van der Waals surface area contributed by atoms with E-state index in [1.54, 1.807) is 0 Å². The Morgan fingerprint density at radius 3 is 2.63 bits per heavy atom. The van der Waals surface area contributed by atoms with Gasteiger partial charge >= 0.3 is 0 Å². The van der Waals surface area contributed by atoms with Crippen LogP contribution in [0, 0.1) is 32.1 Å². The summed E-state index contributed by atoms with van der Waals surface area (Å²) in [6.45, 7) is 5.73. The third-order valence-electron chi connectivity index (χ3n) is 4.26. The highest BCUT2D eigenvalue weighted by Crippen LogP contribution is 2.27. The normalized spacial score (nSPS) is 11.0. The molecule has 0 radical (unpaired) electrons. The maximum Gasteiger partial charge on any atom is 0.197 e. The molecule has 0 spiro atoms. The molecule has 8 heteroatoms. The molecule has 0 saturated carbocycles. The summed E-state index contributed by atoms with van der Waals surface area (Å²) >= 11 is 1.52. The van der Waals surface area contributed by atoms with Gasteiger partial charge < -0.3 is 0 Å². The third-order valence-corrected chi connectivity index (χ3v) is 5.20. The first-order valence-corrected chi connectivity index (χ1v) is 9.43. The van der Waals surface area contributed by atoms with Gasteiger partial charge in [0.05, 0.1) is 22.6 Å². The van der Waals surface area contributed by atoms with Crippen LogP contribution in [0.3, 0.4) is 0 Å². The van der Waals surface area contributed by atoms with Crippen LogP contribution in [-0.4, -0.2) is 29.4 Å². The topological polar surface area (TPSA) is 84.7 Å². The fourth-order valence-electron chi connectivity index (χ4n) is 3.07. The van der Waals surface area contributed by atoms with Crippen LogP contribution >= 0.6 is 11.8 Å². The Hall–Kier alpha value is -3.18. The predicted molar refractivity (Wildman–Crippen MR) is 103 cm³/mol. The largest absolute Gasteiger partial charge is 0.258 e. The monoisotopic (exact) mass is 375 g/mol. The van der Waals surface area contributed by atoms with E-state index >= 15 is 0 Å². The van der Waals surface area contributed by atoms with Crippen molar-refractivity contribution in [2.75, 3.05) is 0 Å². The Balaban J connectivity index is 1.73. The predicted octanol–water partition coefficient (Wildman–Crippen LogP) is 3.40. The van der Waals surface area contributed by atoms with Crippen LogP contribution in [-0.2, 0) is 5.75 Å². The summed E-state index contributed by atoms with van der Waals surface area (Å²) in [6.07, 6.45) is 0. The molecule has 0 saturated heterocycles. The van der Waals surface area contributed by atoms with Crippen LogP contribution in [0.1, 0.15) is 28.5 Å². The van der Waals surface area contributed by atoms with Crippen LogP contribution in [0.4, 0.5) is 0 Å². The summed E-state index contributed by atoms with van der Waals surface area (Å²) in [5.74, 6) is 1.39. The number of hydrogen-bond donors (Lipinski definition) is 0. The summed E-state index contributed by atoms with van der Waals surface area (Å²) in [5, 5.41) is 23.5. The molecule has 0 aliphatic rings. The Morgan fingerprint density at radius 2 is 1.89 bits per heavy atom. The van der Waals surface area contributed by atoms with E-state index < -0.39 is 0 Å². The van der Waals surface area contributed by atoms with Crippen molar-refractivity contribution in [2.45, 2.75) is 31.7 Å². The molecule has 0 atom stereocenters. The van der Waals surface area contributed by atoms with E-state index in [4.69, 9.17) is 0 Å². The lowest BCUT2D eigenvalue weighted by atomic mass is 10.2. The fourth-order valence-corrected chi connectivity index (χ4v) is 4.05. The second-order valence-electron chi connectivity index (χ2n) is 6.18. The molecule has 4 aromatic rings. The average molecular weight is 375 g/mol. The van der Waals surface area contributed by atoms with Gasteiger partial charge in [0, 0.05) is 17.5 Å². The number of nitrogens with zero attached hydrogens (tertiary/aromatic N) is 7. The Bertz CT molecular complexity index is 1170. The lowest BCUT2D eigenvalue weighted by molar-refractivity contribution is 0.823. The van der Waals surface area contributed by atoms with Crippen LogP contribution < -0.4 is 0 Å². The number of thioether (sulfide) groups is 1. The molecule has 0 N–H and O–H groups in total. The van der Waals surface area contributed by atoms with Gasteiger partial charge in [-0.1, -0.05) is 30.0 Å². The minimum atomic E-state index is 0.548. The smallest absolute Gasteiger partial charge is 0.197 e. The molecule has 3 heterocycles. The number of rotatable bonds is 4. The lowest BCUT2D eigenvalue weighted by Crippen LogP contribution is -2.03. The van der Waals surface area contributed by atoms with Gasteiger partial charge in [0.2, 0.25) is 0 Å². The molecule has 134 valence electrons. The lowest BCUT2D eigenvalue weighted by Gasteiger charge is -2.08. The minimum absolute atomic E-state index is 0.548. The molecule has 4 rings (SSSR count). The van der Waals surface area contributed by atoms with E-state index in [0.717, 1.165) is 39.4 Å². The summed E-state index contributed by atoms with van der Waals surface area (Å²) in [5.41, 5.74) is 4.78. The van der Waals surface area contributed by atoms with Gasteiger partial charge in [0.15, 0.2) is 10.8 Å². The average Bonchev–Trinajstić information content (AvgIpc) is 3.21. The van der Waals surface area contributed by atoms with Gasteiger partial charge in [-0.3, -0.25) is 4.40 Å². The molecule has 0 aliphatic heterocycles. The Labute approximate surface area is 160 Å². The number of aromatic nitrogens is 6. The number of para-hydroxylation sites is 1. The second kappa shape index (κ2) is 6.85.